The molecule has 2 aliphatic carbocycles. The molecule has 2 N–H and O–H groups in total. The van der Waals surface area contributed by atoms with Crippen molar-refractivity contribution in [1.82, 2.24) is 34.9 Å². The number of benzene rings is 10. The van der Waals surface area contributed by atoms with Crippen LogP contribution in [0.1, 0.15) is 237 Å². The number of aromatic amines is 2. The minimum atomic E-state index is -0.00583. The van der Waals surface area contributed by atoms with Gasteiger partial charge in [-0.05, 0) is 232 Å². The number of pyridine rings is 6. The van der Waals surface area contributed by atoms with Crippen LogP contribution in [-0.4, -0.2) is 41.5 Å². The van der Waals surface area contributed by atoms with Crippen LogP contribution in [0.25, 0.3) is 82.3 Å². The van der Waals surface area contributed by atoms with Gasteiger partial charge in [-0.1, -0.05) is 363 Å². The number of ether oxygens (including phenoxy) is 1. The molecule has 1 unspecified atom stereocenters. The van der Waals surface area contributed by atoms with Gasteiger partial charge in [-0.25, -0.2) is 0 Å². The van der Waals surface area contributed by atoms with Crippen LogP contribution in [0, 0.1) is 55.4 Å². The van der Waals surface area contributed by atoms with Gasteiger partial charge in [-0.15, -0.1) is 0 Å². The van der Waals surface area contributed by atoms with E-state index in [2.05, 4.69) is 284 Å². The van der Waals surface area contributed by atoms with E-state index in [1.807, 2.05) is 268 Å². The fourth-order valence-corrected chi connectivity index (χ4v) is 13.1. The van der Waals surface area contributed by atoms with Crippen molar-refractivity contribution in [2.75, 3.05) is 6.61 Å². The first-order valence-corrected chi connectivity index (χ1v) is 46.8. The minimum Gasteiger partial charge on any atom is -0.493 e. The molecule has 0 radical (unpaired) electrons. The van der Waals surface area contributed by atoms with Crippen molar-refractivity contribution in [3.8, 4) is 5.75 Å². The van der Waals surface area contributed by atoms with Crippen LogP contribution in [0.4, 0.5) is 0 Å². The molecule has 20 rings (SSSR count). The number of fused-ring (bicyclic) bond motifs is 10. The number of H-pyrrole nitrogens is 2. The highest BCUT2D eigenvalue weighted by Gasteiger charge is 2.17. The number of aryl methyl sites for hydroxylation is 9. The van der Waals surface area contributed by atoms with E-state index in [-0.39, 0.29) is 5.56 Å². The fraction of sp³-hybridized carbons (Fsp3) is 0.305. The molecule has 0 saturated carbocycles. The Morgan fingerprint density at radius 3 is 1.56 bits per heavy atom. The van der Waals surface area contributed by atoms with Crippen molar-refractivity contribution in [1.29, 1.82) is 0 Å². The van der Waals surface area contributed by atoms with Crippen LogP contribution >= 0.6 is 0 Å². The molecular weight excluding hydrogens is 1550 g/mol. The summed E-state index contributed by atoms with van der Waals surface area (Å²) in [5.41, 5.74) is 24.7. The molecule has 0 bridgehead atoms. The zero-order chi connectivity index (χ0) is 94.9. The smallest absolute Gasteiger partial charge is 0.251 e. The van der Waals surface area contributed by atoms with Crippen LogP contribution < -0.4 is 10.3 Å². The van der Waals surface area contributed by atoms with Gasteiger partial charge in [0.15, 0.2) is 0 Å². The standard InChI is InChI=1S/C11H10.C10H9NO.3C10H9N.C10H10.C10H12.C9H8N2.C9H9N.C9H10O.10C2H6/c1-9-5-4-7-10-6-2-3-8-11(9)10;1-7-6-8-4-2-3-5-9(8)11-10(7)12;1-8-4-2-5-9-6-3-7-11-10(8)9;1-8-4-5-9-3-2-6-11-10(9)7-8;1-8-6-9-4-2-3-5-10(9)11-7-8;1-8-6-9-4-2-3-5-10(9)7-8;1-8-6-7-9-4-2-3-5-10(8)9;1-7-2-3-8-6-10-5-4-9(8)11-7;1-7-6-10-9-5-3-2-4-8(7)9;1-7-2-3-9-8(6-7)4-5-10-9;10*1-2/h2-8H,1H3;2-6H,1H3,(H,11,12);3*2-7H,1H3;2-6H,7H2,1H3;2-5,8H,6-7H2,1H3;2-6H,1H3;2-6,10H,1H3;2-3,6H,4-5H2,1H3;10*1-2H3. The van der Waals surface area contributed by atoms with Crippen LogP contribution in [-0.2, 0) is 19.3 Å². The maximum absolute atomic E-state index is 11.2. The van der Waals surface area contributed by atoms with Gasteiger partial charge in [0.05, 0.1) is 28.7 Å². The topological polar surface area (TPSA) is 122 Å². The maximum atomic E-state index is 11.2. The molecule has 0 saturated heterocycles. The summed E-state index contributed by atoms with van der Waals surface area (Å²) in [4.78, 5) is 38.3. The first-order valence-electron chi connectivity index (χ1n) is 46.8. The van der Waals surface area contributed by atoms with Gasteiger partial charge in [0.2, 0.25) is 0 Å². The zero-order valence-corrected chi connectivity index (χ0v) is 83.2. The third-order valence-electron chi connectivity index (χ3n) is 18.9. The first-order chi connectivity index (χ1) is 62.1. The molecule has 0 amide bonds. The lowest BCUT2D eigenvalue weighted by molar-refractivity contribution is 0.357. The van der Waals surface area contributed by atoms with E-state index in [1.165, 1.54) is 106 Å². The third-order valence-corrected chi connectivity index (χ3v) is 18.9. The largest absolute Gasteiger partial charge is 0.493 e. The number of hydrogen-bond donors (Lipinski definition) is 2. The van der Waals surface area contributed by atoms with Crippen LogP contribution in [0.15, 0.2) is 321 Å². The SMILES string of the molecule is CC.CC.CC.CC.CC.CC.CC.CC.CC.CC.CC1=Cc2ccccc2C1.CC1CCc2ccccc21.Cc1c[nH]c2ccccc12.Cc1cc2ccccc2[nH]c1=O.Cc1ccc2c(c1)CCO2.Cc1ccc2cccnc2c1.Cc1ccc2cnccc2n1.Cc1cccc2ccccc12.Cc1cccc2cccnc12.Cc1cnc2ccccc2c1. The zero-order valence-electron chi connectivity index (χ0n) is 83.2. The number of para-hydroxylation sites is 4. The van der Waals surface area contributed by atoms with E-state index >= 15 is 0 Å². The monoisotopic (exact) mass is 1700 g/mol. The molecule has 10 aromatic carbocycles. The summed E-state index contributed by atoms with van der Waals surface area (Å²) in [6.45, 7) is 61.7. The van der Waals surface area contributed by atoms with E-state index in [0.29, 0.717) is 0 Å². The quantitative estimate of drug-likeness (QED) is 0.155. The summed E-state index contributed by atoms with van der Waals surface area (Å²) in [7, 11) is 0. The van der Waals surface area contributed by atoms with Gasteiger partial charge in [-0.3, -0.25) is 29.7 Å². The van der Waals surface area contributed by atoms with Gasteiger partial charge < -0.3 is 14.7 Å². The number of nitrogens with one attached hydrogen (secondary N) is 2. The molecule has 17 aromatic rings. The highest BCUT2D eigenvalue weighted by atomic mass is 16.5. The number of rotatable bonds is 0. The summed E-state index contributed by atoms with van der Waals surface area (Å²) in [5, 5.41) is 9.82. The average Bonchev–Trinajstić information content (AvgIpc) is 1.20. The van der Waals surface area contributed by atoms with E-state index in [4.69, 9.17) is 4.74 Å². The normalized spacial score (nSPS) is 10.8. The van der Waals surface area contributed by atoms with Gasteiger partial charge in [0, 0.05) is 92.8 Å². The van der Waals surface area contributed by atoms with Crippen LogP contribution in [0.2, 0.25) is 0 Å². The van der Waals surface area contributed by atoms with Crippen LogP contribution in [0.3, 0.4) is 0 Å². The number of aromatic nitrogens is 7. The molecule has 674 valence electrons. The molecule has 0 fully saturated rings. The Morgan fingerprint density at radius 2 is 0.898 bits per heavy atom. The van der Waals surface area contributed by atoms with Crippen LogP contribution in [0.5, 0.6) is 5.75 Å². The van der Waals surface area contributed by atoms with Gasteiger partial charge in [0.25, 0.3) is 5.56 Å². The van der Waals surface area contributed by atoms with Crippen molar-refractivity contribution < 1.29 is 4.74 Å². The van der Waals surface area contributed by atoms with E-state index in [0.717, 1.165) is 80.7 Å². The lowest BCUT2D eigenvalue weighted by Crippen LogP contribution is -2.08. The van der Waals surface area contributed by atoms with E-state index in [1.54, 1.807) is 17.3 Å². The predicted octanol–water partition coefficient (Wildman–Crippen LogP) is 34.6. The Morgan fingerprint density at radius 1 is 0.354 bits per heavy atom. The predicted molar refractivity (Wildman–Crippen MR) is 566 cm³/mol. The summed E-state index contributed by atoms with van der Waals surface area (Å²) in [6, 6.07) is 93.3. The Bertz CT molecular complexity index is 5590. The second-order valence-corrected chi connectivity index (χ2v) is 27.5. The first kappa shape index (κ1) is 113. The second kappa shape index (κ2) is 67.9. The van der Waals surface area contributed by atoms with E-state index < -0.39 is 0 Å². The number of nitrogens with zero attached hydrogens (tertiary/aromatic N) is 5. The minimum absolute atomic E-state index is 0.00583. The van der Waals surface area contributed by atoms with Gasteiger partial charge >= 0.3 is 0 Å². The average molecular weight is 1700 g/mol. The van der Waals surface area contributed by atoms with Gasteiger partial charge in [0.1, 0.15) is 5.75 Å². The fourth-order valence-electron chi connectivity index (χ4n) is 13.1. The molecule has 9 heteroatoms. The van der Waals surface area contributed by atoms with Crippen molar-refractivity contribution >= 4 is 82.3 Å². The third kappa shape index (κ3) is 38.9. The van der Waals surface area contributed by atoms with Crippen molar-refractivity contribution in [3.63, 3.8) is 0 Å². The van der Waals surface area contributed by atoms with E-state index in [9.17, 15) is 4.79 Å². The Labute approximate surface area is 767 Å². The molecule has 1 atom stereocenters. The summed E-state index contributed by atoms with van der Waals surface area (Å²) in [6.07, 6.45) is 18.3. The summed E-state index contributed by atoms with van der Waals surface area (Å²) >= 11 is 0. The summed E-state index contributed by atoms with van der Waals surface area (Å²) < 4.78 is 5.35. The Hall–Kier alpha value is -12.5. The maximum Gasteiger partial charge on any atom is 0.251 e. The molecule has 7 aromatic heterocycles. The molecular formula is C118H155N7O2. The number of hydrogen-bond acceptors (Lipinski definition) is 7. The molecule has 3 aliphatic rings. The lowest BCUT2D eigenvalue weighted by Gasteiger charge is -2.01. The molecule has 8 heterocycles. The second-order valence-electron chi connectivity index (χ2n) is 27.5. The van der Waals surface area contributed by atoms with Crippen molar-refractivity contribution in [2.24, 2.45) is 0 Å². The molecule has 9 nitrogen and oxygen atoms in total. The Balaban J connectivity index is 0.000000690. The molecule has 1 aliphatic heterocycles. The Kier molecular flexibility index (Phi) is 60.2. The van der Waals surface area contributed by atoms with Gasteiger partial charge in [-0.2, -0.15) is 0 Å². The van der Waals surface area contributed by atoms with Crippen molar-refractivity contribution in [3.05, 3.63) is 399 Å². The summed E-state index contributed by atoms with van der Waals surface area (Å²) in [5.74, 6) is 1.88. The highest BCUT2D eigenvalue weighted by molar-refractivity contribution is 5.86. The highest BCUT2D eigenvalue weighted by Crippen LogP contribution is 2.32. The molecule has 0 spiro atoms. The molecule has 127 heavy (non-hydrogen) atoms. The lowest BCUT2D eigenvalue weighted by atomic mass is 10.0. The number of allylic oxidation sites excluding steroid dienone is 1. The van der Waals surface area contributed by atoms with Crippen molar-refractivity contribution in [2.45, 2.75) is 239 Å².